The van der Waals surface area contributed by atoms with Gasteiger partial charge in [-0.05, 0) is 73.4 Å². The smallest absolute Gasteiger partial charge is 0.253 e. The normalized spacial score (nSPS) is 13.6. The van der Waals surface area contributed by atoms with Crippen LogP contribution < -0.4 is 5.32 Å². The topological polar surface area (TPSA) is 44.9 Å². The van der Waals surface area contributed by atoms with Gasteiger partial charge >= 0.3 is 0 Å². The molecule has 1 aromatic heterocycles. The van der Waals surface area contributed by atoms with Crippen molar-refractivity contribution < 1.29 is 4.79 Å². The minimum absolute atomic E-state index is 0.137. The van der Waals surface area contributed by atoms with Gasteiger partial charge < -0.3 is 10.3 Å². The van der Waals surface area contributed by atoms with Gasteiger partial charge in [-0.15, -0.1) is 11.8 Å². The molecular formula is C21H21ClN2OS. The molecule has 0 unspecified atom stereocenters. The molecule has 4 rings (SSSR count). The first kappa shape index (κ1) is 17.5. The van der Waals surface area contributed by atoms with Crippen molar-refractivity contribution in [2.24, 2.45) is 0 Å². The van der Waals surface area contributed by atoms with Gasteiger partial charge in [0.25, 0.3) is 5.91 Å². The summed E-state index contributed by atoms with van der Waals surface area (Å²) in [7, 11) is 0. The molecule has 0 atom stereocenters. The number of thioether (sulfide) groups is 1. The number of carbonyl (C=O) groups excluding carboxylic acids is 1. The highest BCUT2D eigenvalue weighted by molar-refractivity contribution is 7.98. The van der Waals surface area contributed by atoms with Crippen molar-refractivity contribution in [3.8, 4) is 0 Å². The third-order valence-corrected chi connectivity index (χ3v) is 6.09. The fourth-order valence-corrected chi connectivity index (χ4v) is 4.29. The van der Waals surface area contributed by atoms with Crippen molar-refractivity contribution in [3.05, 3.63) is 63.8 Å². The van der Waals surface area contributed by atoms with Crippen LogP contribution in [0.2, 0.25) is 5.02 Å². The molecule has 3 aromatic rings. The number of nitrogens with one attached hydrogen (secondary N) is 2. The number of aromatic nitrogens is 1. The maximum atomic E-state index is 12.5. The van der Waals surface area contributed by atoms with Gasteiger partial charge in [-0.2, -0.15) is 0 Å². The minimum Gasteiger partial charge on any atom is -0.358 e. The number of halogens is 1. The first-order valence-electron chi connectivity index (χ1n) is 8.90. The Morgan fingerprint density at radius 2 is 2.04 bits per heavy atom. The van der Waals surface area contributed by atoms with Gasteiger partial charge in [0.1, 0.15) is 0 Å². The van der Waals surface area contributed by atoms with E-state index < -0.39 is 0 Å². The van der Waals surface area contributed by atoms with E-state index in [0.717, 1.165) is 23.3 Å². The highest BCUT2D eigenvalue weighted by Gasteiger charge is 2.16. The summed E-state index contributed by atoms with van der Waals surface area (Å²) in [6, 6.07) is 11.9. The molecule has 5 heteroatoms. The number of hydrogen-bond donors (Lipinski definition) is 2. The van der Waals surface area contributed by atoms with E-state index in [4.69, 9.17) is 11.6 Å². The molecule has 0 spiro atoms. The van der Waals surface area contributed by atoms with E-state index in [0.29, 0.717) is 17.1 Å². The first-order valence-corrected chi connectivity index (χ1v) is 10.5. The van der Waals surface area contributed by atoms with E-state index in [1.54, 1.807) is 17.8 Å². The van der Waals surface area contributed by atoms with Gasteiger partial charge in [-0.1, -0.05) is 17.7 Å². The van der Waals surface area contributed by atoms with Crippen molar-refractivity contribution in [3.63, 3.8) is 0 Å². The Labute approximate surface area is 162 Å². The molecule has 1 heterocycles. The summed E-state index contributed by atoms with van der Waals surface area (Å²) in [6.07, 6.45) is 6.78. The summed E-state index contributed by atoms with van der Waals surface area (Å²) in [5.74, 6) is -0.137. The number of H-pyrrole nitrogens is 1. The molecular weight excluding hydrogens is 364 g/mol. The lowest BCUT2D eigenvalue weighted by Gasteiger charge is -2.11. The van der Waals surface area contributed by atoms with Crippen LogP contribution in [0.4, 0.5) is 0 Å². The van der Waals surface area contributed by atoms with Gasteiger partial charge in [-0.25, -0.2) is 0 Å². The van der Waals surface area contributed by atoms with Crippen LogP contribution in [0.15, 0.2) is 41.3 Å². The van der Waals surface area contributed by atoms with E-state index in [-0.39, 0.29) is 5.91 Å². The van der Waals surface area contributed by atoms with Crippen LogP contribution >= 0.6 is 23.4 Å². The zero-order valence-electron chi connectivity index (χ0n) is 14.7. The zero-order chi connectivity index (χ0) is 18.1. The number of rotatable bonds is 4. The van der Waals surface area contributed by atoms with E-state index in [1.165, 1.54) is 35.0 Å². The monoisotopic (exact) mass is 384 g/mol. The van der Waals surface area contributed by atoms with Gasteiger partial charge in [-0.3, -0.25) is 4.79 Å². The number of fused-ring (bicyclic) bond motifs is 3. The Hall–Kier alpha value is -1.91. The molecule has 0 bridgehead atoms. The van der Waals surface area contributed by atoms with Crippen molar-refractivity contribution in [2.45, 2.75) is 37.1 Å². The Balaban J connectivity index is 1.53. The summed E-state index contributed by atoms with van der Waals surface area (Å²) in [6.45, 7) is 0.495. The molecule has 2 N–H and O–H groups in total. The van der Waals surface area contributed by atoms with Crippen LogP contribution in [0.1, 0.15) is 40.0 Å². The molecule has 1 aliphatic rings. The van der Waals surface area contributed by atoms with Gasteiger partial charge in [0.15, 0.2) is 0 Å². The fraction of sp³-hybridized carbons (Fsp3) is 0.286. The molecule has 26 heavy (non-hydrogen) atoms. The average Bonchev–Trinajstić information content (AvgIpc) is 3.04. The molecule has 0 fully saturated rings. The molecule has 134 valence electrons. The van der Waals surface area contributed by atoms with Crippen LogP contribution in [0, 0.1) is 0 Å². The second kappa shape index (κ2) is 7.37. The summed E-state index contributed by atoms with van der Waals surface area (Å²) in [4.78, 5) is 17.1. The Kier molecular flexibility index (Phi) is 4.96. The van der Waals surface area contributed by atoms with E-state index in [9.17, 15) is 4.79 Å². The van der Waals surface area contributed by atoms with Crippen molar-refractivity contribution >= 4 is 40.2 Å². The SMILES string of the molecule is CSc1ccc(Cl)c(C(=O)NCc2ccc3[nH]c4c(c3c2)CCCC4)c1. The van der Waals surface area contributed by atoms with Gasteiger partial charge in [0.05, 0.1) is 10.6 Å². The second-order valence-corrected chi connectivity index (χ2v) is 7.98. The quantitative estimate of drug-likeness (QED) is 0.595. The maximum absolute atomic E-state index is 12.5. The van der Waals surface area contributed by atoms with E-state index >= 15 is 0 Å². The highest BCUT2D eigenvalue weighted by atomic mass is 35.5. The summed E-state index contributed by atoms with van der Waals surface area (Å²) >= 11 is 7.80. The van der Waals surface area contributed by atoms with Crippen molar-refractivity contribution in [2.75, 3.05) is 6.26 Å². The van der Waals surface area contributed by atoms with Crippen LogP contribution in [0.5, 0.6) is 0 Å². The highest BCUT2D eigenvalue weighted by Crippen LogP contribution is 2.30. The van der Waals surface area contributed by atoms with E-state index in [2.05, 4.69) is 28.5 Å². The maximum Gasteiger partial charge on any atom is 0.253 e. The largest absolute Gasteiger partial charge is 0.358 e. The van der Waals surface area contributed by atoms with Crippen molar-refractivity contribution in [1.82, 2.24) is 10.3 Å². The summed E-state index contributed by atoms with van der Waals surface area (Å²) < 4.78 is 0. The number of benzene rings is 2. The molecule has 0 saturated heterocycles. The van der Waals surface area contributed by atoms with Crippen LogP contribution in [-0.4, -0.2) is 17.1 Å². The molecule has 0 aliphatic heterocycles. The second-order valence-electron chi connectivity index (χ2n) is 6.70. The predicted molar refractivity (Wildman–Crippen MR) is 109 cm³/mol. The molecule has 1 amide bonds. The standard InChI is InChI=1S/C21H21ClN2OS/c1-26-14-7-8-18(22)17(11-14)21(25)23-12-13-6-9-20-16(10-13)15-4-2-3-5-19(15)24-20/h6-11,24H,2-5,12H2,1H3,(H,23,25). The fourth-order valence-electron chi connectivity index (χ4n) is 3.65. The molecule has 2 aromatic carbocycles. The van der Waals surface area contributed by atoms with Gasteiger partial charge in [0.2, 0.25) is 0 Å². The van der Waals surface area contributed by atoms with Crippen LogP contribution in [-0.2, 0) is 19.4 Å². The Morgan fingerprint density at radius 1 is 1.19 bits per heavy atom. The number of carbonyl (C=O) groups is 1. The van der Waals surface area contributed by atoms with Crippen LogP contribution in [0.25, 0.3) is 10.9 Å². The number of hydrogen-bond acceptors (Lipinski definition) is 2. The Bertz CT molecular complexity index is 980. The lowest BCUT2D eigenvalue weighted by molar-refractivity contribution is 0.0951. The number of amides is 1. The Morgan fingerprint density at radius 3 is 2.88 bits per heavy atom. The van der Waals surface area contributed by atoms with Gasteiger partial charge in [0, 0.05) is 28.0 Å². The lowest BCUT2D eigenvalue weighted by atomic mass is 9.95. The molecule has 1 aliphatic carbocycles. The number of aromatic amines is 1. The zero-order valence-corrected chi connectivity index (χ0v) is 16.3. The molecule has 0 saturated carbocycles. The summed E-state index contributed by atoms with van der Waals surface area (Å²) in [5, 5.41) is 4.78. The molecule has 0 radical (unpaired) electrons. The molecule has 3 nitrogen and oxygen atoms in total. The minimum atomic E-state index is -0.137. The summed E-state index contributed by atoms with van der Waals surface area (Å²) in [5.41, 5.74) is 5.67. The average molecular weight is 385 g/mol. The van der Waals surface area contributed by atoms with Crippen LogP contribution in [0.3, 0.4) is 0 Å². The number of aryl methyl sites for hydroxylation is 2. The third-order valence-electron chi connectivity index (χ3n) is 5.03. The lowest BCUT2D eigenvalue weighted by Crippen LogP contribution is -2.23. The first-order chi connectivity index (χ1) is 12.7. The third kappa shape index (κ3) is 3.36. The predicted octanol–water partition coefficient (Wildman–Crippen LogP) is 5.35. The van der Waals surface area contributed by atoms with Crippen molar-refractivity contribution in [1.29, 1.82) is 0 Å². The van der Waals surface area contributed by atoms with E-state index in [1.807, 2.05) is 18.4 Å².